The minimum atomic E-state index is -0.533. The molecule has 3 heterocycles. The van der Waals surface area contributed by atoms with E-state index in [-0.39, 0.29) is 10.7 Å². The third-order valence-electron chi connectivity index (χ3n) is 5.78. The van der Waals surface area contributed by atoms with E-state index in [9.17, 15) is 9.59 Å². The lowest BCUT2D eigenvalue weighted by Gasteiger charge is -2.29. The molecule has 2 aromatic heterocycles. The lowest BCUT2D eigenvalue weighted by molar-refractivity contribution is -0.122. The number of hydrogen-bond acceptors (Lipinski definition) is 4. The average Bonchev–Trinajstić information content (AvgIpc) is 3.09. The quantitative estimate of drug-likeness (QED) is 0.248. The van der Waals surface area contributed by atoms with Crippen molar-refractivity contribution < 1.29 is 9.59 Å². The molecule has 0 aliphatic carbocycles. The molecule has 0 saturated carbocycles. The maximum Gasteiger partial charge on any atom is 0.270 e. The van der Waals surface area contributed by atoms with Gasteiger partial charge in [-0.3, -0.25) is 24.8 Å². The second-order valence-electron chi connectivity index (χ2n) is 7.98. The van der Waals surface area contributed by atoms with Crippen LogP contribution in [0.1, 0.15) is 17.0 Å². The van der Waals surface area contributed by atoms with Crippen molar-refractivity contribution in [2.45, 2.75) is 13.8 Å². The molecule has 4 aromatic rings. The van der Waals surface area contributed by atoms with Gasteiger partial charge < -0.3 is 4.57 Å². The molecule has 8 heteroatoms. The number of nitrogens with one attached hydrogen (secondary N) is 1. The fourth-order valence-electron chi connectivity index (χ4n) is 4.20. The summed E-state index contributed by atoms with van der Waals surface area (Å²) in [7, 11) is 0. The van der Waals surface area contributed by atoms with Crippen molar-refractivity contribution in [2.24, 2.45) is 0 Å². The number of aryl methyl sites for hydroxylation is 1. The highest BCUT2D eigenvalue weighted by Gasteiger charge is 2.34. The smallest absolute Gasteiger partial charge is 0.270 e. The van der Waals surface area contributed by atoms with E-state index < -0.39 is 11.8 Å². The second kappa shape index (κ2) is 8.52. The first kappa shape index (κ1) is 22.0. The summed E-state index contributed by atoms with van der Waals surface area (Å²) < 4.78 is 2.09. The third-order valence-corrected chi connectivity index (χ3v) is 6.30. The molecule has 2 amide bonds. The van der Waals surface area contributed by atoms with Crippen LogP contribution in [0.4, 0.5) is 5.69 Å². The third kappa shape index (κ3) is 3.79. The van der Waals surface area contributed by atoms with Crippen LogP contribution >= 0.6 is 23.8 Å². The van der Waals surface area contributed by atoms with E-state index in [0.29, 0.717) is 10.7 Å². The van der Waals surface area contributed by atoms with Gasteiger partial charge in [-0.15, -0.1) is 0 Å². The lowest BCUT2D eigenvalue weighted by Crippen LogP contribution is -2.54. The zero-order chi connectivity index (χ0) is 24.0. The monoisotopic (exact) mass is 486 g/mol. The number of carbonyl (C=O) groups is 2. The van der Waals surface area contributed by atoms with Crippen LogP contribution < -0.4 is 10.2 Å². The first-order valence-electron chi connectivity index (χ1n) is 10.5. The van der Waals surface area contributed by atoms with Gasteiger partial charge in [-0.1, -0.05) is 23.7 Å². The number of aromatic nitrogens is 2. The number of anilines is 1. The minimum absolute atomic E-state index is 0.00321. The maximum atomic E-state index is 13.3. The standard InChI is InChI=1S/C26H19ClN4O2S/c1-15-11-18(16(2)30(15)21-8-9-23-17(12-21)5-4-10-28-23)13-22-24(32)29-26(34)31(25(22)33)20-7-3-6-19(27)14-20/h3-14H,1-2H3,(H,29,32,34)/b22-13+. The molecule has 5 rings (SSSR count). The van der Waals surface area contributed by atoms with E-state index in [1.807, 2.05) is 44.2 Å². The number of hydrogen-bond donors (Lipinski definition) is 1. The molecule has 1 N–H and O–H groups in total. The van der Waals surface area contributed by atoms with Crippen LogP contribution in [0.25, 0.3) is 22.7 Å². The van der Waals surface area contributed by atoms with E-state index in [1.54, 1.807) is 36.5 Å². The fourth-order valence-corrected chi connectivity index (χ4v) is 4.66. The van der Waals surface area contributed by atoms with Gasteiger partial charge >= 0.3 is 0 Å². The van der Waals surface area contributed by atoms with Crippen LogP contribution in [0.2, 0.25) is 5.02 Å². The van der Waals surface area contributed by atoms with Crippen molar-refractivity contribution in [2.75, 3.05) is 4.90 Å². The normalized spacial score (nSPS) is 15.3. The Kier molecular flexibility index (Phi) is 5.51. The van der Waals surface area contributed by atoms with Crippen LogP contribution in [0.3, 0.4) is 0 Å². The molecule has 0 atom stereocenters. The zero-order valence-corrected chi connectivity index (χ0v) is 19.9. The summed E-state index contributed by atoms with van der Waals surface area (Å²) in [6.07, 6.45) is 3.38. The predicted octanol–water partition coefficient (Wildman–Crippen LogP) is 5.13. The fraction of sp³-hybridized carbons (Fsp3) is 0.0769. The molecule has 1 saturated heterocycles. The Balaban J connectivity index is 1.57. The first-order valence-corrected chi connectivity index (χ1v) is 11.3. The highest BCUT2D eigenvalue weighted by Crippen LogP contribution is 2.28. The number of fused-ring (bicyclic) bond motifs is 1. The molecule has 0 unspecified atom stereocenters. The van der Waals surface area contributed by atoms with E-state index in [2.05, 4.69) is 20.9 Å². The van der Waals surface area contributed by atoms with Crippen LogP contribution in [-0.4, -0.2) is 26.5 Å². The SMILES string of the molecule is Cc1cc(/C=C2\C(=O)NC(=S)N(c3cccc(Cl)c3)C2=O)c(C)n1-c1ccc2ncccc2c1. The molecule has 1 aliphatic heterocycles. The molecule has 0 radical (unpaired) electrons. The second-order valence-corrected chi connectivity index (χ2v) is 8.80. The van der Waals surface area contributed by atoms with Crippen molar-refractivity contribution in [1.82, 2.24) is 14.9 Å². The van der Waals surface area contributed by atoms with Crippen molar-refractivity contribution in [1.29, 1.82) is 0 Å². The molecule has 168 valence electrons. The Morgan fingerprint density at radius 2 is 1.82 bits per heavy atom. The van der Waals surface area contributed by atoms with Crippen molar-refractivity contribution in [3.63, 3.8) is 0 Å². The number of amides is 2. The van der Waals surface area contributed by atoms with Gasteiger partial charge in [0.2, 0.25) is 0 Å². The summed E-state index contributed by atoms with van der Waals surface area (Å²) in [4.78, 5) is 31.7. The number of pyridine rings is 1. The molecule has 0 spiro atoms. The number of rotatable bonds is 3. The van der Waals surface area contributed by atoms with E-state index in [0.717, 1.165) is 33.5 Å². The topological polar surface area (TPSA) is 67.2 Å². The van der Waals surface area contributed by atoms with Gasteiger partial charge in [0.15, 0.2) is 5.11 Å². The van der Waals surface area contributed by atoms with E-state index >= 15 is 0 Å². The van der Waals surface area contributed by atoms with Gasteiger partial charge in [-0.2, -0.15) is 0 Å². The Bertz CT molecular complexity index is 1540. The molecule has 6 nitrogen and oxygen atoms in total. The highest BCUT2D eigenvalue weighted by atomic mass is 35.5. The Morgan fingerprint density at radius 1 is 1.00 bits per heavy atom. The maximum absolute atomic E-state index is 13.3. The predicted molar refractivity (Wildman–Crippen MR) is 138 cm³/mol. The Hall–Kier alpha value is -3.81. The largest absolute Gasteiger partial charge is 0.318 e. The van der Waals surface area contributed by atoms with Crippen LogP contribution in [0.5, 0.6) is 0 Å². The summed E-state index contributed by atoms with van der Waals surface area (Å²) in [5.74, 6) is -1.03. The lowest BCUT2D eigenvalue weighted by atomic mass is 10.1. The number of halogens is 1. The summed E-state index contributed by atoms with van der Waals surface area (Å²) in [6, 6.07) is 18.7. The zero-order valence-electron chi connectivity index (χ0n) is 18.4. The van der Waals surface area contributed by atoms with Gasteiger partial charge in [0.05, 0.1) is 11.2 Å². The van der Waals surface area contributed by atoms with Gasteiger partial charge in [0.25, 0.3) is 11.8 Å². The van der Waals surface area contributed by atoms with Crippen LogP contribution in [0.15, 0.2) is 72.4 Å². The van der Waals surface area contributed by atoms with Crippen molar-refractivity contribution >= 4 is 63.4 Å². The summed E-state index contributed by atoms with van der Waals surface area (Å²) >= 11 is 11.4. The molecule has 0 bridgehead atoms. The van der Waals surface area contributed by atoms with E-state index in [4.69, 9.17) is 23.8 Å². The molecular weight excluding hydrogens is 468 g/mol. The Labute approximate surface area is 206 Å². The van der Waals surface area contributed by atoms with Crippen LogP contribution in [-0.2, 0) is 9.59 Å². The number of carbonyl (C=O) groups excluding carboxylic acids is 2. The van der Waals surface area contributed by atoms with E-state index in [1.165, 1.54) is 4.90 Å². The first-order chi connectivity index (χ1) is 16.3. The minimum Gasteiger partial charge on any atom is -0.318 e. The molecule has 1 fully saturated rings. The average molecular weight is 487 g/mol. The number of thiocarbonyl (C=S) groups is 1. The molecule has 2 aromatic carbocycles. The van der Waals surface area contributed by atoms with Crippen molar-refractivity contribution in [3.05, 3.63) is 94.4 Å². The van der Waals surface area contributed by atoms with Gasteiger partial charge in [-0.05, 0) is 86.2 Å². The summed E-state index contributed by atoms with van der Waals surface area (Å²) in [6.45, 7) is 3.94. The number of nitrogens with zero attached hydrogens (tertiary/aromatic N) is 3. The summed E-state index contributed by atoms with van der Waals surface area (Å²) in [5.41, 5.74) is 5.01. The Morgan fingerprint density at radius 3 is 2.62 bits per heavy atom. The highest BCUT2D eigenvalue weighted by molar-refractivity contribution is 7.80. The molecular formula is C26H19ClN4O2S. The number of benzene rings is 2. The van der Waals surface area contributed by atoms with Gasteiger partial charge in [0.1, 0.15) is 5.57 Å². The van der Waals surface area contributed by atoms with Gasteiger partial charge in [-0.25, -0.2) is 0 Å². The van der Waals surface area contributed by atoms with Crippen LogP contribution in [0, 0.1) is 13.8 Å². The molecule has 1 aliphatic rings. The van der Waals surface area contributed by atoms with Gasteiger partial charge in [0, 0.05) is 33.7 Å². The molecule has 34 heavy (non-hydrogen) atoms. The van der Waals surface area contributed by atoms with Crippen molar-refractivity contribution in [3.8, 4) is 5.69 Å². The summed E-state index contributed by atoms with van der Waals surface area (Å²) in [5, 5.41) is 4.12.